The number of carbonyl (C=O) groups is 1. The number of hydrogen-bond donors (Lipinski definition) is 2. The Hall–Kier alpha value is -1.36. The lowest BCUT2D eigenvalue weighted by Gasteiger charge is -2.23. The molecule has 1 aromatic rings. The van der Waals surface area contributed by atoms with Crippen LogP contribution in [0.1, 0.15) is 34.6 Å². The summed E-state index contributed by atoms with van der Waals surface area (Å²) in [5.74, 6) is 0.774. The molecular weight excluding hydrogens is 272 g/mol. The Kier molecular flexibility index (Phi) is 5.74. The van der Waals surface area contributed by atoms with Gasteiger partial charge in [-0.05, 0) is 52.8 Å². The molecule has 0 fully saturated rings. The third-order valence-electron chi connectivity index (χ3n) is 2.47. The summed E-state index contributed by atoms with van der Waals surface area (Å²) < 4.78 is 5.45. The van der Waals surface area contributed by atoms with Gasteiger partial charge in [0.2, 0.25) is 5.91 Å². The van der Waals surface area contributed by atoms with Crippen LogP contribution in [-0.2, 0) is 4.79 Å². The van der Waals surface area contributed by atoms with Crippen molar-refractivity contribution in [2.24, 2.45) is 0 Å². The van der Waals surface area contributed by atoms with Crippen LogP contribution in [0.4, 0.5) is 5.69 Å². The summed E-state index contributed by atoms with van der Waals surface area (Å²) >= 11 is 1.44. The molecule has 0 bridgehead atoms. The second kappa shape index (κ2) is 6.88. The molecule has 0 aromatic heterocycles. The zero-order chi connectivity index (χ0) is 15.3. The summed E-state index contributed by atoms with van der Waals surface area (Å²) in [5, 5.41) is 2.75. The van der Waals surface area contributed by atoms with Crippen LogP contribution in [0.3, 0.4) is 0 Å². The largest absolute Gasteiger partial charge is 0.494 e. The molecule has 1 unspecified atom stereocenters. The predicted octanol–water partition coefficient (Wildman–Crippen LogP) is 3.06. The molecule has 0 saturated heterocycles. The summed E-state index contributed by atoms with van der Waals surface area (Å²) in [6.07, 6.45) is 0. The van der Waals surface area contributed by atoms with Gasteiger partial charge in [-0.3, -0.25) is 4.79 Å². The highest BCUT2D eigenvalue weighted by Gasteiger charge is 2.20. The second-order valence-corrected chi connectivity index (χ2v) is 7.01. The van der Waals surface area contributed by atoms with Gasteiger partial charge in [0.25, 0.3) is 0 Å². The Morgan fingerprint density at radius 1 is 1.45 bits per heavy atom. The number of nitrogens with one attached hydrogen (secondary N) is 1. The minimum atomic E-state index is -0.232. The third-order valence-corrected chi connectivity index (χ3v) is 3.64. The van der Waals surface area contributed by atoms with Gasteiger partial charge in [0.05, 0.1) is 11.9 Å². The molecule has 0 aliphatic rings. The van der Waals surface area contributed by atoms with E-state index in [1.165, 1.54) is 11.8 Å². The summed E-state index contributed by atoms with van der Waals surface area (Å²) in [5.41, 5.74) is 6.38. The minimum absolute atomic E-state index is 0.00344. The Bertz CT molecular complexity index is 469. The van der Waals surface area contributed by atoms with E-state index in [0.29, 0.717) is 12.3 Å². The maximum Gasteiger partial charge on any atom is 0.233 e. The average molecular weight is 296 g/mol. The van der Waals surface area contributed by atoms with Crippen molar-refractivity contribution in [2.75, 3.05) is 12.3 Å². The quantitative estimate of drug-likeness (QED) is 0.647. The summed E-state index contributed by atoms with van der Waals surface area (Å²) in [6, 6.07) is 5.52. The molecule has 0 spiro atoms. The van der Waals surface area contributed by atoms with Crippen molar-refractivity contribution < 1.29 is 9.53 Å². The molecule has 5 heteroatoms. The smallest absolute Gasteiger partial charge is 0.233 e. The van der Waals surface area contributed by atoms with Crippen LogP contribution < -0.4 is 15.8 Å². The van der Waals surface area contributed by atoms with Crippen LogP contribution in [0, 0.1) is 0 Å². The zero-order valence-electron chi connectivity index (χ0n) is 12.8. The number of amides is 1. The monoisotopic (exact) mass is 296 g/mol. The fourth-order valence-electron chi connectivity index (χ4n) is 1.59. The van der Waals surface area contributed by atoms with Gasteiger partial charge in [-0.1, -0.05) is 0 Å². The zero-order valence-corrected chi connectivity index (χ0v) is 13.6. The molecule has 3 N–H and O–H groups in total. The number of rotatable bonds is 5. The van der Waals surface area contributed by atoms with E-state index in [4.69, 9.17) is 10.5 Å². The van der Waals surface area contributed by atoms with Gasteiger partial charge < -0.3 is 15.8 Å². The minimum Gasteiger partial charge on any atom is -0.494 e. The van der Waals surface area contributed by atoms with Gasteiger partial charge in [-0.25, -0.2) is 0 Å². The van der Waals surface area contributed by atoms with Crippen molar-refractivity contribution in [2.45, 2.75) is 50.3 Å². The molecule has 20 heavy (non-hydrogen) atoms. The van der Waals surface area contributed by atoms with Crippen LogP contribution >= 0.6 is 11.8 Å². The van der Waals surface area contributed by atoms with Crippen LogP contribution in [-0.4, -0.2) is 23.3 Å². The van der Waals surface area contributed by atoms with Gasteiger partial charge in [0.1, 0.15) is 5.75 Å². The van der Waals surface area contributed by atoms with E-state index in [1.54, 1.807) is 0 Å². The van der Waals surface area contributed by atoms with Crippen molar-refractivity contribution >= 4 is 23.4 Å². The van der Waals surface area contributed by atoms with Gasteiger partial charge in [0, 0.05) is 16.1 Å². The van der Waals surface area contributed by atoms with Gasteiger partial charge in [-0.15, -0.1) is 11.8 Å². The normalized spacial score (nSPS) is 12.8. The van der Waals surface area contributed by atoms with Crippen LogP contribution in [0.5, 0.6) is 5.75 Å². The van der Waals surface area contributed by atoms with Gasteiger partial charge in [0.15, 0.2) is 0 Å². The van der Waals surface area contributed by atoms with Crippen molar-refractivity contribution in [3.63, 3.8) is 0 Å². The fourth-order valence-corrected chi connectivity index (χ4v) is 2.52. The second-order valence-electron chi connectivity index (χ2n) is 5.63. The molecule has 0 heterocycles. The van der Waals surface area contributed by atoms with Crippen molar-refractivity contribution in [1.29, 1.82) is 0 Å². The molecule has 1 atom stereocenters. The van der Waals surface area contributed by atoms with E-state index >= 15 is 0 Å². The number of hydrogen-bond acceptors (Lipinski definition) is 4. The van der Waals surface area contributed by atoms with E-state index in [0.717, 1.165) is 10.6 Å². The first-order valence-electron chi connectivity index (χ1n) is 6.74. The standard InChI is InChI=1S/C15H24N2O2S/c1-6-19-11-7-8-12(16)13(9-11)20-10(2)14(18)17-15(3,4)5/h7-10H,6,16H2,1-5H3,(H,17,18). The highest BCUT2D eigenvalue weighted by atomic mass is 32.2. The molecule has 0 aliphatic carbocycles. The van der Waals surface area contributed by atoms with Gasteiger partial charge >= 0.3 is 0 Å². The predicted molar refractivity (Wildman–Crippen MR) is 85.2 cm³/mol. The van der Waals surface area contributed by atoms with Crippen molar-refractivity contribution in [3.05, 3.63) is 18.2 Å². The molecule has 0 saturated carbocycles. The Balaban J connectivity index is 2.76. The van der Waals surface area contributed by atoms with Crippen LogP contribution in [0.25, 0.3) is 0 Å². The van der Waals surface area contributed by atoms with Crippen LogP contribution in [0.15, 0.2) is 23.1 Å². The lowest BCUT2D eigenvalue weighted by Crippen LogP contribution is -2.44. The first-order valence-corrected chi connectivity index (χ1v) is 7.62. The highest BCUT2D eigenvalue weighted by Crippen LogP contribution is 2.32. The number of anilines is 1. The first kappa shape index (κ1) is 16.7. The number of ether oxygens (including phenoxy) is 1. The highest BCUT2D eigenvalue weighted by molar-refractivity contribution is 8.00. The van der Waals surface area contributed by atoms with Gasteiger partial charge in [-0.2, -0.15) is 0 Å². The summed E-state index contributed by atoms with van der Waals surface area (Å²) in [6.45, 7) is 10.3. The van der Waals surface area contributed by atoms with Crippen molar-refractivity contribution in [3.8, 4) is 5.75 Å². The molecule has 4 nitrogen and oxygen atoms in total. The fraction of sp³-hybridized carbons (Fsp3) is 0.533. The molecule has 0 aliphatic heterocycles. The first-order chi connectivity index (χ1) is 9.23. The lowest BCUT2D eigenvalue weighted by molar-refractivity contribution is -0.121. The molecule has 1 rings (SSSR count). The molecule has 112 valence electrons. The lowest BCUT2D eigenvalue weighted by atomic mass is 10.1. The number of nitrogen functional groups attached to an aromatic ring is 1. The molecular formula is C15H24N2O2S. The summed E-state index contributed by atoms with van der Waals surface area (Å²) in [7, 11) is 0. The van der Waals surface area contributed by atoms with E-state index < -0.39 is 0 Å². The number of carbonyl (C=O) groups excluding carboxylic acids is 1. The van der Waals surface area contributed by atoms with E-state index in [1.807, 2.05) is 52.8 Å². The van der Waals surface area contributed by atoms with Crippen molar-refractivity contribution in [1.82, 2.24) is 5.32 Å². The number of nitrogens with two attached hydrogens (primary N) is 1. The molecule has 1 amide bonds. The topological polar surface area (TPSA) is 64.3 Å². The van der Waals surface area contributed by atoms with Crippen LogP contribution in [0.2, 0.25) is 0 Å². The Morgan fingerprint density at radius 3 is 2.65 bits per heavy atom. The maximum atomic E-state index is 12.1. The molecule has 0 radical (unpaired) electrons. The van der Waals surface area contributed by atoms with E-state index in [2.05, 4.69) is 5.32 Å². The third kappa shape index (κ3) is 5.33. The van der Waals surface area contributed by atoms with E-state index in [9.17, 15) is 4.79 Å². The Morgan fingerprint density at radius 2 is 2.10 bits per heavy atom. The average Bonchev–Trinajstić information content (AvgIpc) is 2.31. The molecule has 1 aromatic carbocycles. The SMILES string of the molecule is CCOc1ccc(N)c(SC(C)C(=O)NC(C)(C)C)c1. The Labute approximate surface area is 125 Å². The number of thioether (sulfide) groups is 1. The maximum absolute atomic E-state index is 12.1. The summed E-state index contributed by atoms with van der Waals surface area (Å²) in [4.78, 5) is 12.9. The van der Waals surface area contributed by atoms with E-state index in [-0.39, 0.29) is 16.7 Å². The number of benzene rings is 1.